The van der Waals surface area contributed by atoms with Crippen LogP contribution in [0.5, 0.6) is 11.5 Å². The van der Waals surface area contributed by atoms with E-state index in [4.69, 9.17) is 26.2 Å². The van der Waals surface area contributed by atoms with E-state index in [0.717, 1.165) is 31.4 Å². The van der Waals surface area contributed by atoms with E-state index in [-0.39, 0.29) is 31.4 Å². The predicted octanol–water partition coefficient (Wildman–Crippen LogP) is 4.74. The summed E-state index contributed by atoms with van der Waals surface area (Å²) in [6.07, 6.45) is 2.83. The van der Waals surface area contributed by atoms with Gasteiger partial charge in [-0.25, -0.2) is 4.39 Å². The Bertz CT molecular complexity index is 701. The van der Waals surface area contributed by atoms with Gasteiger partial charge in [0.25, 0.3) is 0 Å². The van der Waals surface area contributed by atoms with Gasteiger partial charge in [-0.3, -0.25) is 0 Å². The molecular formula is C20H26Cl2FNO3. The average Bonchev–Trinajstić information content (AvgIpc) is 2.64. The van der Waals surface area contributed by atoms with E-state index < -0.39 is 0 Å². The average molecular weight is 418 g/mol. The Morgan fingerprint density at radius 2 is 1.93 bits per heavy atom. The van der Waals surface area contributed by atoms with Crippen molar-refractivity contribution in [2.24, 2.45) is 0 Å². The van der Waals surface area contributed by atoms with Crippen LogP contribution in [0, 0.1) is 5.82 Å². The third-order valence-electron chi connectivity index (χ3n) is 3.96. The van der Waals surface area contributed by atoms with Crippen molar-refractivity contribution < 1.29 is 19.0 Å². The Kier molecular flexibility index (Phi) is 11.1. The number of halogens is 3. The zero-order chi connectivity index (χ0) is 18.8. The van der Waals surface area contributed by atoms with Crippen LogP contribution in [0.3, 0.4) is 0 Å². The number of ether oxygens (including phenoxy) is 2. The lowest BCUT2D eigenvalue weighted by atomic mass is 10.2. The zero-order valence-electron chi connectivity index (χ0n) is 15.3. The quantitative estimate of drug-likeness (QED) is 0.518. The van der Waals surface area contributed by atoms with Gasteiger partial charge >= 0.3 is 0 Å². The molecule has 2 aromatic carbocycles. The summed E-state index contributed by atoms with van der Waals surface area (Å²) in [7, 11) is 1.55. The highest BCUT2D eigenvalue weighted by Crippen LogP contribution is 2.37. The van der Waals surface area contributed by atoms with Gasteiger partial charge in [0.05, 0.1) is 12.1 Å². The molecule has 0 aliphatic carbocycles. The zero-order valence-corrected chi connectivity index (χ0v) is 16.9. The summed E-state index contributed by atoms with van der Waals surface area (Å²) in [4.78, 5) is 0. The van der Waals surface area contributed by atoms with Crippen molar-refractivity contribution in [3.8, 4) is 11.5 Å². The van der Waals surface area contributed by atoms with Crippen molar-refractivity contribution in [2.45, 2.75) is 32.4 Å². The molecule has 0 spiro atoms. The second kappa shape index (κ2) is 12.8. The maximum absolute atomic E-state index is 13.7. The van der Waals surface area contributed by atoms with E-state index in [1.165, 1.54) is 6.07 Å². The fourth-order valence-corrected chi connectivity index (χ4v) is 2.84. The van der Waals surface area contributed by atoms with Crippen LogP contribution in [0.2, 0.25) is 5.02 Å². The van der Waals surface area contributed by atoms with Gasteiger partial charge in [0, 0.05) is 18.7 Å². The van der Waals surface area contributed by atoms with Crippen LogP contribution in [0.15, 0.2) is 36.4 Å². The van der Waals surface area contributed by atoms with Crippen LogP contribution in [-0.4, -0.2) is 25.4 Å². The molecular weight excluding hydrogens is 392 g/mol. The highest BCUT2D eigenvalue weighted by molar-refractivity contribution is 6.32. The van der Waals surface area contributed by atoms with Crippen LogP contribution in [0.1, 0.15) is 30.4 Å². The van der Waals surface area contributed by atoms with E-state index in [9.17, 15) is 4.39 Å². The summed E-state index contributed by atoms with van der Waals surface area (Å²) in [5, 5.41) is 12.5. The molecule has 0 atom stereocenters. The summed E-state index contributed by atoms with van der Waals surface area (Å²) >= 11 is 6.35. The van der Waals surface area contributed by atoms with Gasteiger partial charge in [-0.1, -0.05) is 29.8 Å². The van der Waals surface area contributed by atoms with E-state index in [1.807, 2.05) is 12.1 Å². The monoisotopic (exact) mass is 417 g/mol. The van der Waals surface area contributed by atoms with Crippen LogP contribution in [-0.2, 0) is 13.2 Å². The standard InChI is InChI=1S/C20H25ClFNO3.ClH/c1-25-19-12-15(13-23-9-5-2-6-10-24)11-17(21)20(19)26-14-16-7-3-4-8-18(16)22;/h3-4,7-8,11-12,23-24H,2,5-6,9-10,13-14H2,1H3;1H. The molecule has 2 rings (SSSR count). The van der Waals surface area contributed by atoms with Gasteiger partial charge in [0.1, 0.15) is 12.4 Å². The number of hydrogen-bond donors (Lipinski definition) is 2. The van der Waals surface area contributed by atoms with Gasteiger partial charge in [-0.2, -0.15) is 0 Å². The maximum atomic E-state index is 13.7. The van der Waals surface area contributed by atoms with Crippen LogP contribution in [0.25, 0.3) is 0 Å². The van der Waals surface area contributed by atoms with Crippen LogP contribution < -0.4 is 14.8 Å². The van der Waals surface area contributed by atoms with Gasteiger partial charge < -0.3 is 19.9 Å². The molecule has 2 N–H and O–H groups in total. The molecule has 0 unspecified atom stereocenters. The smallest absolute Gasteiger partial charge is 0.180 e. The van der Waals surface area contributed by atoms with E-state index >= 15 is 0 Å². The summed E-state index contributed by atoms with van der Waals surface area (Å²) in [6.45, 7) is 1.83. The first-order valence-electron chi connectivity index (χ1n) is 8.70. The van der Waals surface area contributed by atoms with Gasteiger partial charge in [-0.15, -0.1) is 12.4 Å². The SMILES string of the molecule is COc1cc(CNCCCCCO)cc(Cl)c1OCc1ccccc1F.Cl. The minimum Gasteiger partial charge on any atom is -0.493 e. The molecule has 4 nitrogen and oxygen atoms in total. The maximum Gasteiger partial charge on any atom is 0.180 e. The Labute approximate surface area is 171 Å². The van der Waals surface area contributed by atoms with Crippen molar-refractivity contribution in [3.63, 3.8) is 0 Å². The number of nitrogens with one attached hydrogen (secondary N) is 1. The Hall–Kier alpha value is -1.53. The van der Waals surface area contributed by atoms with E-state index in [1.54, 1.807) is 25.3 Å². The molecule has 0 saturated heterocycles. The minimum atomic E-state index is -0.315. The van der Waals surface area contributed by atoms with Gasteiger partial charge in [-0.05, 0) is 49.6 Å². The third kappa shape index (κ3) is 7.54. The van der Waals surface area contributed by atoms with Gasteiger partial charge in [0.2, 0.25) is 0 Å². The molecule has 0 radical (unpaired) electrons. The molecule has 150 valence electrons. The topological polar surface area (TPSA) is 50.7 Å². The highest BCUT2D eigenvalue weighted by Gasteiger charge is 2.13. The first-order valence-corrected chi connectivity index (χ1v) is 9.07. The fourth-order valence-electron chi connectivity index (χ4n) is 2.55. The second-order valence-electron chi connectivity index (χ2n) is 5.95. The highest BCUT2D eigenvalue weighted by atomic mass is 35.5. The lowest BCUT2D eigenvalue weighted by Gasteiger charge is -2.15. The second-order valence-corrected chi connectivity index (χ2v) is 6.36. The van der Waals surface area contributed by atoms with Crippen molar-refractivity contribution in [1.82, 2.24) is 5.32 Å². The molecule has 2 aromatic rings. The van der Waals surface area contributed by atoms with Crippen molar-refractivity contribution in [1.29, 1.82) is 0 Å². The van der Waals surface area contributed by atoms with Crippen molar-refractivity contribution in [3.05, 3.63) is 58.4 Å². The first-order chi connectivity index (χ1) is 12.7. The normalized spacial score (nSPS) is 10.4. The first kappa shape index (κ1) is 23.5. The molecule has 0 heterocycles. The molecule has 0 amide bonds. The third-order valence-corrected chi connectivity index (χ3v) is 4.24. The molecule has 0 bridgehead atoms. The Morgan fingerprint density at radius 3 is 2.63 bits per heavy atom. The molecule has 0 aliphatic rings. The number of unbranched alkanes of at least 4 members (excludes halogenated alkanes) is 2. The summed E-state index contributed by atoms with van der Waals surface area (Å²) < 4.78 is 24.8. The number of benzene rings is 2. The number of hydrogen-bond acceptors (Lipinski definition) is 4. The lowest BCUT2D eigenvalue weighted by molar-refractivity contribution is 0.279. The Morgan fingerprint density at radius 1 is 1.15 bits per heavy atom. The molecule has 0 saturated carbocycles. The minimum absolute atomic E-state index is 0. The molecule has 7 heteroatoms. The number of aliphatic hydroxyl groups excluding tert-OH is 1. The number of rotatable bonds is 11. The fraction of sp³-hybridized carbons (Fsp3) is 0.400. The summed E-state index contributed by atoms with van der Waals surface area (Å²) in [6, 6.07) is 10.1. The Balaban J connectivity index is 0.00000364. The number of aliphatic hydroxyl groups is 1. The van der Waals surface area contributed by atoms with E-state index in [0.29, 0.717) is 28.6 Å². The summed E-state index contributed by atoms with van der Waals surface area (Å²) in [5.74, 6) is 0.611. The molecule has 0 aromatic heterocycles. The summed E-state index contributed by atoms with van der Waals surface area (Å²) in [5.41, 5.74) is 1.44. The van der Waals surface area contributed by atoms with Crippen LogP contribution in [0.4, 0.5) is 4.39 Å². The van der Waals surface area contributed by atoms with E-state index in [2.05, 4.69) is 5.32 Å². The lowest BCUT2D eigenvalue weighted by Crippen LogP contribution is -2.15. The molecule has 0 aliphatic heterocycles. The van der Waals surface area contributed by atoms with Crippen LogP contribution >= 0.6 is 24.0 Å². The number of methoxy groups -OCH3 is 1. The van der Waals surface area contributed by atoms with Gasteiger partial charge in [0.15, 0.2) is 11.5 Å². The molecule has 0 fully saturated rings. The largest absolute Gasteiger partial charge is 0.493 e. The molecule has 27 heavy (non-hydrogen) atoms. The van der Waals surface area contributed by atoms with Crippen molar-refractivity contribution >= 4 is 24.0 Å². The van der Waals surface area contributed by atoms with Crippen molar-refractivity contribution in [2.75, 3.05) is 20.3 Å². The predicted molar refractivity (Wildman–Crippen MR) is 109 cm³/mol.